The summed E-state index contributed by atoms with van der Waals surface area (Å²) in [6.45, 7) is 9.35. The number of sulfone groups is 1. The van der Waals surface area contributed by atoms with E-state index in [1.54, 1.807) is 12.1 Å². The van der Waals surface area contributed by atoms with Gasteiger partial charge in [-0.15, -0.1) is 0 Å². The molecule has 0 aromatic heterocycles. The Bertz CT molecular complexity index is 492. The first-order valence-corrected chi connectivity index (χ1v) is 9.11. The first-order valence-electron chi connectivity index (χ1n) is 7.45. The van der Waals surface area contributed by atoms with Crippen LogP contribution in [0, 0.1) is 5.92 Å². The average Bonchev–Trinajstić information content (AvgIpc) is 2.38. The molecule has 1 aromatic rings. The van der Waals surface area contributed by atoms with Gasteiger partial charge in [0.25, 0.3) is 0 Å². The topological polar surface area (TPSA) is 46.2 Å². The summed E-state index contributed by atoms with van der Waals surface area (Å²) in [5.74, 6) is 0.775. The number of nitrogens with one attached hydrogen (secondary N) is 1. The van der Waals surface area contributed by atoms with Crippen molar-refractivity contribution in [3.63, 3.8) is 0 Å². The van der Waals surface area contributed by atoms with E-state index in [-0.39, 0.29) is 5.75 Å². The van der Waals surface area contributed by atoms with E-state index in [0.717, 1.165) is 13.0 Å². The highest BCUT2D eigenvalue weighted by Gasteiger charge is 2.15. The molecule has 114 valence electrons. The summed E-state index contributed by atoms with van der Waals surface area (Å²) in [7, 11) is -3.10. The molecule has 1 rings (SSSR count). The Balaban J connectivity index is 2.81. The first kappa shape index (κ1) is 17.2. The lowest BCUT2D eigenvalue weighted by atomic mass is 9.96. The molecule has 0 bridgehead atoms. The summed E-state index contributed by atoms with van der Waals surface area (Å²) in [6, 6.07) is 7.79. The fourth-order valence-electron chi connectivity index (χ4n) is 2.28. The van der Waals surface area contributed by atoms with Crippen LogP contribution in [0.25, 0.3) is 0 Å². The average molecular weight is 297 g/mol. The molecule has 0 radical (unpaired) electrons. The maximum Gasteiger partial charge on any atom is 0.178 e. The molecule has 0 fully saturated rings. The third-order valence-corrected chi connectivity index (χ3v) is 5.42. The van der Waals surface area contributed by atoms with Gasteiger partial charge in [-0.2, -0.15) is 0 Å². The third kappa shape index (κ3) is 4.91. The minimum atomic E-state index is -3.10. The van der Waals surface area contributed by atoms with Crippen LogP contribution in [0.15, 0.2) is 29.2 Å². The molecule has 4 heteroatoms. The highest BCUT2D eigenvalue weighted by atomic mass is 32.2. The molecule has 0 aliphatic heterocycles. The van der Waals surface area contributed by atoms with Gasteiger partial charge >= 0.3 is 0 Å². The summed E-state index contributed by atoms with van der Waals surface area (Å²) >= 11 is 0. The SMILES string of the molecule is CCCS(=O)(=O)c1ccc(CC(NCC)C(C)C)cc1. The van der Waals surface area contributed by atoms with Crippen molar-refractivity contribution in [2.75, 3.05) is 12.3 Å². The molecule has 0 aliphatic carbocycles. The van der Waals surface area contributed by atoms with Gasteiger partial charge in [-0.25, -0.2) is 8.42 Å². The lowest BCUT2D eigenvalue weighted by molar-refractivity contribution is 0.405. The minimum Gasteiger partial charge on any atom is -0.314 e. The standard InChI is InChI=1S/C16H27NO2S/c1-5-11-20(18,19)15-9-7-14(8-10-15)12-16(13(3)4)17-6-2/h7-10,13,16-17H,5-6,11-12H2,1-4H3. The van der Waals surface area contributed by atoms with Gasteiger partial charge < -0.3 is 5.32 Å². The fraction of sp³-hybridized carbons (Fsp3) is 0.625. The summed E-state index contributed by atoms with van der Waals surface area (Å²) in [4.78, 5) is 0.438. The van der Waals surface area contributed by atoms with Crippen LogP contribution in [0.3, 0.4) is 0 Å². The highest BCUT2D eigenvalue weighted by molar-refractivity contribution is 7.91. The van der Waals surface area contributed by atoms with Crippen LogP contribution in [0.1, 0.15) is 39.7 Å². The van der Waals surface area contributed by atoms with Gasteiger partial charge in [-0.1, -0.05) is 39.8 Å². The van der Waals surface area contributed by atoms with Gasteiger partial charge in [0.15, 0.2) is 9.84 Å². The Labute approximate surface area is 123 Å². The van der Waals surface area contributed by atoms with Crippen molar-refractivity contribution in [2.24, 2.45) is 5.92 Å². The van der Waals surface area contributed by atoms with Gasteiger partial charge in [0.1, 0.15) is 0 Å². The summed E-state index contributed by atoms with van der Waals surface area (Å²) in [5.41, 5.74) is 1.18. The lowest BCUT2D eigenvalue weighted by Gasteiger charge is -2.21. The van der Waals surface area contributed by atoms with Crippen molar-refractivity contribution in [1.29, 1.82) is 0 Å². The number of rotatable bonds is 8. The van der Waals surface area contributed by atoms with Crippen LogP contribution >= 0.6 is 0 Å². The molecule has 0 spiro atoms. The van der Waals surface area contributed by atoms with E-state index in [2.05, 4.69) is 26.1 Å². The largest absolute Gasteiger partial charge is 0.314 e. The molecule has 0 saturated heterocycles. The molecule has 1 N–H and O–H groups in total. The van der Waals surface area contributed by atoms with Crippen molar-refractivity contribution < 1.29 is 8.42 Å². The number of hydrogen-bond acceptors (Lipinski definition) is 3. The molecular weight excluding hydrogens is 270 g/mol. The molecule has 0 amide bonds. The second-order valence-electron chi connectivity index (χ2n) is 5.58. The van der Waals surface area contributed by atoms with Crippen LogP contribution < -0.4 is 5.32 Å². The van der Waals surface area contributed by atoms with E-state index in [1.165, 1.54) is 5.56 Å². The van der Waals surface area contributed by atoms with Crippen LogP contribution in [-0.2, 0) is 16.3 Å². The minimum absolute atomic E-state index is 0.221. The Morgan fingerprint density at radius 1 is 1.10 bits per heavy atom. The zero-order valence-electron chi connectivity index (χ0n) is 13.0. The molecule has 3 nitrogen and oxygen atoms in total. The smallest absolute Gasteiger partial charge is 0.178 e. The van der Waals surface area contributed by atoms with E-state index in [9.17, 15) is 8.42 Å². The Hall–Kier alpha value is -0.870. The summed E-state index contributed by atoms with van der Waals surface area (Å²) in [5, 5.41) is 3.48. The van der Waals surface area contributed by atoms with Crippen molar-refractivity contribution in [1.82, 2.24) is 5.32 Å². The number of hydrogen-bond donors (Lipinski definition) is 1. The van der Waals surface area contributed by atoms with Crippen LogP contribution in [0.2, 0.25) is 0 Å². The predicted molar refractivity (Wildman–Crippen MR) is 84.8 cm³/mol. The monoisotopic (exact) mass is 297 g/mol. The Morgan fingerprint density at radius 3 is 2.15 bits per heavy atom. The number of benzene rings is 1. The van der Waals surface area contributed by atoms with Crippen LogP contribution in [0.4, 0.5) is 0 Å². The maximum atomic E-state index is 12.0. The van der Waals surface area contributed by atoms with Gasteiger partial charge in [-0.05, 0) is 43.0 Å². The summed E-state index contributed by atoms with van der Waals surface area (Å²) < 4.78 is 23.9. The van der Waals surface area contributed by atoms with E-state index in [1.807, 2.05) is 19.1 Å². The van der Waals surface area contributed by atoms with Gasteiger partial charge in [-0.3, -0.25) is 0 Å². The zero-order chi connectivity index (χ0) is 15.2. The lowest BCUT2D eigenvalue weighted by Crippen LogP contribution is -2.35. The molecular formula is C16H27NO2S. The van der Waals surface area contributed by atoms with Crippen molar-refractivity contribution in [3.8, 4) is 0 Å². The molecule has 1 atom stereocenters. The van der Waals surface area contributed by atoms with Crippen LogP contribution in [-0.4, -0.2) is 26.8 Å². The molecule has 20 heavy (non-hydrogen) atoms. The van der Waals surface area contributed by atoms with Crippen LogP contribution in [0.5, 0.6) is 0 Å². The van der Waals surface area contributed by atoms with E-state index in [4.69, 9.17) is 0 Å². The fourth-order valence-corrected chi connectivity index (χ4v) is 3.60. The van der Waals surface area contributed by atoms with Gasteiger partial charge in [0, 0.05) is 6.04 Å². The normalized spacial score (nSPS) is 13.7. The highest BCUT2D eigenvalue weighted by Crippen LogP contribution is 2.16. The zero-order valence-corrected chi connectivity index (χ0v) is 13.8. The van der Waals surface area contributed by atoms with Gasteiger partial charge in [0.05, 0.1) is 10.6 Å². The summed E-state index contributed by atoms with van der Waals surface area (Å²) in [6.07, 6.45) is 1.58. The van der Waals surface area contributed by atoms with Crippen molar-refractivity contribution in [3.05, 3.63) is 29.8 Å². The van der Waals surface area contributed by atoms with E-state index in [0.29, 0.717) is 23.3 Å². The molecule has 0 saturated carbocycles. The van der Waals surface area contributed by atoms with E-state index < -0.39 is 9.84 Å². The molecule has 1 unspecified atom stereocenters. The molecule has 1 aromatic carbocycles. The van der Waals surface area contributed by atoms with E-state index >= 15 is 0 Å². The molecule has 0 aliphatic rings. The van der Waals surface area contributed by atoms with Crippen molar-refractivity contribution >= 4 is 9.84 Å². The predicted octanol–water partition coefficient (Wildman–Crippen LogP) is 3.05. The quantitative estimate of drug-likeness (QED) is 0.802. The Morgan fingerprint density at radius 2 is 1.70 bits per heavy atom. The first-order chi connectivity index (χ1) is 9.40. The van der Waals surface area contributed by atoms with Crippen molar-refractivity contribution in [2.45, 2.75) is 51.5 Å². The number of likely N-dealkylation sites (N-methyl/N-ethyl adjacent to an activating group) is 1. The second-order valence-corrected chi connectivity index (χ2v) is 7.68. The second kappa shape index (κ2) is 7.79. The van der Waals surface area contributed by atoms with Gasteiger partial charge in [0.2, 0.25) is 0 Å². The Kier molecular flexibility index (Phi) is 6.69. The third-order valence-electron chi connectivity index (χ3n) is 3.48. The molecule has 0 heterocycles. The maximum absolute atomic E-state index is 12.0.